The summed E-state index contributed by atoms with van der Waals surface area (Å²) in [5.41, 5.74) is 0. The van der Waals surface area contributed by atoms with Crippen molar-refractivity contribution in [3.8, 4) is 0 Å². The third kappa shape index (κ3) is 2.77. The topological polar surface area (TPSA) is 49.3 Å². The molecule has 0 aliphatic carbocycles. The summed E-state index contributed by atoms with van der Waals surface area (Å²) in [5.74, 6) is 0.414. The van der Waals surface area contributed by atoms with Gasteiger partial charge in [-0.1, -0.05) is 0 Å². The summed E-state index contributed by atoms with van der Waals surface area (Å²) in [6.07, 6.45) is 3.21. The van der Waals surface area contributed by atoms with Gasteiger partial charge < -0.3 is 9.87 Å². The maximum atomic E-state index is 10.2. The van der Waals surface area contributed by atoms with Gasteiger partial charge in [0.15, 0.2) is 11.1 Å². The molecule has 4 heteroatoms. The fourth-order valence-corrected chi connectivity index (χ4v) is 1.73. The average Bonchev–Trinajstić information content (AvgIpc) is 2.34. The van der Waals surface area contributed by atoms with E-state index in [2.05, 4.69) is 5.32 Å². The lowest BCUT2D eigenvalue weighted by molar-refractivity contribution is 0.542. The Kier molecular flexibility index (Phi) is 3.31. The molecule has 1 rings (SSSR count). The Morgan fingerprint density at radius 3 is 3.00 bits per heavy atom. The van der Waals surface area contributed by atoms with Crippen LogP contribution in [-0.2, 0) is 11.1 Å². The Hall–Kier alpha value is 0.0700. The largest absolute Gasteiger partial charge is 0.314 e. The zero-order valence-corrected chi connectivity index (χ0v) is 6.69. The van der Waals surface area contributed by atoms with Gasteiger partial charge in [0.05, 0.1) is 5.75 Å². The van der Waals surface area contributed by atoms with Crippen molar-refractivity contribution in [1.29, 1.82) is 0 Å². The van der Waals surface area contributed by atoms with Crippen molar-refractivity contribution in [3.63, 3.8) is 0 Å². The first-order valence-corrected chi connectivity index (χ1v) is 4.87. The van der Waals surface area contributed by atoms with E-state index in [9.17, 15) is 4.21 Å². The molecule has 60 valence electrons. The Balaban J connectivity index is 2.07. The molecule has 0 aromatic heterocycles. The van der Waals surface area contributed by atoms with Crippen molar-refractivity contribution >= 4 is 11.1 Å². The maximum absolute atomic E-state index is 10.2. The zero-order chi connectivity index (χ0) is 7.40. The highest BCUT2D eigenvalue weighted by atomic mass is 32.2. The van der Waals surface area contributed by atoms with Crippen molar-refractivity contribution in [2.75, 3.05) is 12.3 Å². The van der Waals surface area contributed by atoms with Gasteiger partial charge in [-0.15, -0.1) is 0 Å². The van der Waals surface area contributed by atoms with Crippen molar-refractivity contribution < 1.29 is 8.76 Å². The molecule has 0 radical (unpaired) electrons. The molecule has 1 aliphatic rings. The molecule has 0 saturated carbocycles. The fourth-order valence-electron chi connectivity index (χ4n) is 1.25. The number of hydrogen-bond acceptors (Lipinski definition) is 2. The minimum Gasteiger partial charge on any atom is -0.314 e. The molecule has 1 heterocycles. The molecule has 0 bridgehead atoms. The summed E-state index contributed by atoms with van der Waals surface area (Å²) in [7, 11) is 0. The molecular formula is C6H13NO2S. The lowest BCUT2D eigenvalue weighted by atomic mass is 10.2. The molecule has 1 aliphatic heterocycles. The number of hydrogen-bond donors (Lipinski definition) is 2. The van der Waals surface area contributed by atoms with Crippen LogP contribution in [0.25, 0.3) is 0 Å². The molecule has 0 aromatic carbocycles. The molecule has 0 amide bonds. The van der Waals surface area contributed by atoms with Crippen LogP contribution in [0.4, 0.5) is 0 Å². The smallest absolute Gasteiger partial charge is 0.152 e. The molecule has 10 heavy (non-hydrogen) atoms. The van der Waals surface area contributed by atoms with Crippen molar-refractivity contribution in [2.45, 2.75) is 25.3 Å². The van der Waals surface area contributed by atoms with Crippen LogP contribution in [0.3, 0.4) is 0 Å². The molecule has 1 saturated heterocycles. The van der Waals surface area contributed by atoms with Crippen LogP contribution in [0, 0.1) is 0 Å². The van der Waals surface area contributed by atoms with Crippen LogP contribution < -0.4 is 5.32 Å². The van der Waals surface area contributed by atoms with E-state index < -0.39 is 11.1 Å². The quantitative estimate of drug-likeness (QED) is 0.590. The summed E-state index contributed by atoms with van der Waals surface area (Å²) in [6.45, 7) is 1.07. The van der Waals surface area contributed by atoms with Gasteiger partial charge in [-0.05, 0) is 25.8 Å². The normalized spacial score (nSPS) is 28.7. The van der Waals surface area contributed by atoms with E-state index in [1.54, 1.807) is 0 Å². The van der Waals surface area contributed by atoms with Gasteiger partial charge in [-0.2, -0.15) is 0 Å². The Bertz CT molecular complexity index is 123. The highest BCUT2D eigenvalue weighted by Crippen LogP contribution is 2.08. The molecular weight excluding hydrogens is 150 g/mol. The van der Waals surface area contributed by atoms with E-state index in [1.165, 1.54) is 6.42 Å². The number of nitrogens with one attached hydrogen (secondary N) is 1. The van der Waals surface area contributed by atoms with Gasteiger partial charge in [0.2, 0.25) is 0 Å². The highest BCUT2D eigenvalue weighted by molar-refractivity contribution is 7.79. The van der Waals surface area contributed by atoms with E-state index in [4.69, 9.17) is 4.55 Å². The maximum Gasteiger partial charge on any atom is 0.152 e. The van der Waals surface area contributed by atoms with Crippen molar-refractivity contribution in [3.05, 3.63) is 0 Å². The molecule has 1 unspecified atom stereocenters. The lowest BCUT2D eigenvalue weighted by Gasteiger charge is -2.06. The van der Waals surface area contributed by atoms with Crippen LogP contribution in [-0.4, -0.2) is 27.1 Å². The van der Waals surface area contributed by atoms with Crippen LogP contribution in [0.5, 0.6) is 0 Å². The number of rotatable bonds is 3. The van der Waals surface area contributed by atoms with Crippen LogP contribution >= 0.6 is 0 Å². The first-order valence-electron chi connectivity index (χ1n) is 3.60. The summed E-state index contributed by atoms with van der Waals surface area (Å²) in [5, 5.41) is 3.27. The van der Waals surface area contributed by atoms with Crippen LogP contribution in [0.15, 0.2) is 0 Å². The summed E-state index contributed by atoms with van der Waals surface area (Å²) in [6, 6.07) is 0.496. The average molecular weight is 163 g/mol. The first kappa shape index (κ1) is 8.17. The second-order valence-electron chi connectivity index (χ2n) is 2.61. The summed E-state index contributed by atoms with van der Waals surface area (Å²) >= 11 is -1.60. The fraction of sp³-hybridized carbons (Fsp3) is 1.00. The van der Waals surface area contributed by atoms with Gasteiger partial charge >= 0.3 is 0 Å². The van der Waals surface area contributed by atoms with Crippen LogP contribution in [0.2, 0.25) is 0 Å². The van der Waals surface area contributed by atoms with E-state index in [0.29, 0.717) is 11.8 Å². The Labute approximate surface area is 63.5 Å². The van der Waals surface area contributed by atoms with Crippen LogP contribution in [0.1, 0.15) is 19.3 Å². The minimum atomic E-state index is -1.60. The predicted octanol–water partition coefficient (Wildman–Crippen LogP) is 0.350. The SMILES string of the molecule is O=S(O)CC[C@@H]1CCCN1. The third-order valence-electron chi connectivity index (χ3n) is 1.80. The molecule has 0 aromatic rings. The van der Waals surface area contributed by atoms with E-state index in [1.807, 2.05) is 0 Å². The Morgan fingerprint density at radius 2 is 2.50 bits per heavy atom. The highest BCUT2D eigenvalue weighted by Gasteiger charge is 2.13. The van der Waals surface area contributed by atoms with Gasteiger partial charge in [-0.3, -0.25) is 0 Å². The minimum absolute atomic E-state index is 0.414. The predicted molar refractivity (Wildman–Crippen MR) is 41.3 cm³/mol. The zero-order valence-electron chi connectivity index (χ0n) is 5.88. The van der Waals surface area contributed by atoms with E-state index in [0.717, 1.165) is 19.4 Å². The summed E-state index contributed by atoms with van der Waals surface area (Å²) in [4.78, 5) is 0. The molecule has 2 N–H and O–H groups in total. The van der Waals surface area contributed by atoms with Gasteiger partial charge in [0.1, 0.15) is 0 Å². The Morgan fingerprint density at radius 1 is 1.70 bits per heavy atom. The monoisotopic (exact) mass is 163 g/mol. The molecule has 1 fully saturated rings. The van der Waals surface area contributed by atoms with Gasteiger partial charge in [0, 0.05) is 6.04 Å². The second kappa shape index (κ2) is 4.05. The lowest BCUT2D eigenvalue weighted by Crippen LogP contribution is -2.23. The van der Waals surface area contributed by atoms with Gasteiger partial charge in [-0.25, -0.2) is 4.21 Å². The van der Waals surface area contributed by atoms with Crippen molar-refractivity contribution in [2.24, 2.45) is 0 Å². The second-order valence-corrected chi connectivity index (χ2v) is 3.66. The molecule has 3 nitrogen and oxygen atoms in total. The summed E-state index contributed by atoms with van der Waals surface area (Å²) < 4.78 is 18.7. The standard InChI is InChI=1S/C6H13NO2S/c8-10(9)5-3-6-2-1-4-7-6/h6-7H,1-5H2,(H,8,9)/t6-/m0/s1. The molecule has 2 atom stereocenters. The third-order valence-corrected chi connectivity index (χ3v) is 2.39. The first-order chi connectivity index (χ1) is 4.79. The van der Waals surface area contributed by atoms with E-state index >= 15 is 0 Å². The molecule has 0 spiro atoms. The van der Waals surface area contributed by atoms with E-state index in [-0.39, 0.29) is 0 Å². The van der Waals surface area contributed by atoms with Crippen molar-refractivity contribution in [1.82, 2.24) is 5.32 Å². The van der Waals surface area contributed by atoms with Gasteiger partial charge in [0.25, 0.3) is 0 Å².